The van der Waals surface area contributed by atoms with Crippen molar-refractivity contribution in [2.45, 2.75) is 80.9 Å². The highest BCUT2D eigenvalue weighted by molar-refractivity contribution is 8.01. The summed E-state index contributed by atoms with van der Waals surface area (Å²) >= 11 is 3.09. The molecule has 1 N–H and O–H groups in total. The Bertz CT molecular complexity index is 979. The molecule has 2 aromatic heterocycles. The van der Waals surface area contributed by atoms with Gasteiger partial charge >= 0.3 is 0 Å². The molecule has 0 aliphatic carbocycles. The first-order valence-electron chi connectivity index (χ1n) is 10.4. The van der Waals surface area contributed by atoms with Crippen LogP contribution < -0.4 is 0 Å². The summed E-state index contributed by atoms with van der Waals surface area (Å²) in [6, 6.07) is 3.23. The minimum Gasteiger partial charge on any atom is -0.383 e. The van der Waals surface area contributed by atoms with Gasteiger partial charge in [0.25, 0.3) is 0 Å². The zero-order valence-corrected chi connectivity index (χ0v) is 20.1. The molecule has 162 valence electrons. The molecule has 0 spiro atoms. The lowest BCUT2D eigenvalue weighted by molar-refractivity contribution is 0.0467. The smallest absolute Gasteiger partial charge is 0.125 e. The Morgan fingerprint density at radius 2 is 1.80 bits per heavy atom. The van der Waals surface area contributed by atoms with Gasteiger partial charge in [-0.1, -0.05) is 52.8 Å². The summed E-state index contributed by atoms with van der Waals surface area (Å²) in [6.07, 6.45) is 7.20. The normalized spacial score (nSPS) is 13.9. The Morgan fingerprint density at radius 3 is 2.37 bits per heavy atom. The Morgan fingerprint density at radius 1 is 1.17 bits per heavy atom. The Kier molecular flexibility index (Phi) is 7.05. The number of thiazole rings is 1. The van der Waals surface area contributed by atoms with Crippen molar-refractivity contribution in [1.29, 1.82) is 0 Å². The quantitative estimate of drug-likeness (QED) is 0.409. The lowest BCUT2D eigenvalue weighted by Gasteiger charge is -2.19. The van der Waals surface area contributed by atoms with E-state index in [4.69, 9.17) is 0 Å². The first-order chi connectivity index (χ1) is 14.1. The van der Waals surface area contributed by atoms with Gasteiger partial charge in [-0.25, -0.2) is 14.1 Å². The molecule has 3 aromatic rings. The maximum atomic E-state index is 14.2. The van der Waals surface area contributed by atoms with Gasteiger partial charge in [-0.05, 0) is 48.4 Å². The van der Waals surface area contributed by atoms with E-state index in [0.29, 0.717) is 6.42 Å². The highest BCUT2D eigenvalue weighted by Gasteiger charge is 2.26. The third-order valence-corrected chi connectivity index (χ3v) is 7.36. The molecule has 0 aliphatic heterocycles. The van der Waals surface area contributed by atoms with E-state index in [9.17, 15) is 9.50 Å². The van der Waals surface area contributed by atoms with E-state index in [-0.39, 0.29) is 17.7 Å². The van der Waals surface area contributed by atoms with Crippen LogP contribution in [0.2, 0.25) is 0 Å². The maximum absolute atomic E-state index is 14.2. The van der Waals surface area contributed by atoms with Crippen molar-refractivity contribution in [3.63, 3.8) is 0 Å². The maximum Gasteiger partial charge on any atom is 0.125 e. The fourth-order valence-corrected chi connectivity index (χ4v) is 5.54. The number of rotatable bonds is 8. The lowest BCUT2D eigenvalue weighted by atomic mass is 9.92. The van der Waals surface area contributed by atoms with Crippen molar-refractivity contribution in [3.05, 3.63) is 52.7 Å². The van der Waals surface area contributed by atoms with Crippen molar-refractivity contribution in [1.82, 2.24) is 14.8 Å². The minimum atomic E-state index is -0.894. The SMILES string of the molecule is CCCC(C)(O)c1ncc(Sc2cnn(-c3c(C(C)C)cc(F)cc3C(C)C)c2)s1. The lowest BCUT2D eigenvalue weighted by Crippen LogP contribution is -2.20. The summed E-state index contributed by atoms with van der Waals surface area (Å²) in [7, 11) is 0. The van der Waals surface area contributed by atoms with E-state index in [2.05, 4.69) is 44.7 Å². The van der Waals surface area contributed by atoms with Gasteiger partial charge in [0, 0.05) is 6.20 Å². The first-order valence-corrected chi connectivity index (χ1v) is 12.0. The van der Waals surface area contributed by atoms with Crippen LogP contribution in [0.3, 0.4) is 0 Å². The molecule has 3 rings (SSSR count). The van der Waals surface area contributed by atoms with Crippen LogP contribution in [0.5, 0.6) is 0 Å². The van der Waals surface area contributed by atoms with Gasteiger partial charge in [0.15, 0.2) is 0 Å². The van der Waals surface area contributed by atoms with E-state index < -0.39 is 5.60 Å². The molecule has 0 aliphatic rings. The van der Waals surface area contributed by atoms with Crippen LogP contribution in [0.1, 0.15) is 82.4 Å². The Labute approximate surface area is 186 Å². The summed E-state index contributed by atoms with van der Waals surface area (Å²) in [5.74, 6) is 0.154. The van der Waals surface area contributed by atoms with Crippen LogP contribution in [0.25, 0.3) is 5.69 Å². The van der Waals surface area contributed by atoms with Gasteiger partial charge < -0.3 is 5.11 Å². The fourth-order valence-electron chi connectivity index (χ4n) is 3.53. The van der Waals surface area contributed by atoms with Crippen LogP contribution in [0, 0.1) is 5.82 Å². The highest BCUT2D eigenvalue weighted by atomic mass is 32.2. The van der Waals surface area contributed by atoms with Crippen LogP contribution >= 0.6 is 23.1 Å². The Hall–Kier alpha value is -1.70. The molecule has 7 heteroatoms. The molecule has 1 atom stereocenters. The van der Waals surface area contributed by atoms with Crippen molar-refractivity contribution in [2.24, 2.45) is 0 Å². The minimum absolute atomic E-state index is 0.179. The average Bonchev–Trinajstić information content (AvgIpc) is 3.31. The number of nitrogens with zero attached hydrogens (tertiary/aromatic N) is 3. The van der Waals surface area contributed by atoms with E-state index in [0.717, 1.165) is 37.3 Å². The van der Waals surface area contributed by atoms with Gasteiger partial charge in [0.1, 0.15) is 16.4 Å². The molecule has 4 nitrogen and oxygen atoms in total. The van der Waals surface area contributed by atoms with Crippen molar-refractivity contribution in [3.8, 4) is 5.69 Å². The number of aliphatic hydroxyl groups is 1. The number of halogens is 1. The van der Waals surface area contributed by atoms with Crippen LogP contribution in [0.15, 0.2) is 39.8 Å². The molecule has 1 aromatic carbocycles. The second-order valence-corrected chi connectivity index (χ2v) is 10.9. The number of aromatic nitrogens is 3. The van der Waals surface area contributed by atoms with Gasteiger partial charge in [0.2, 0.25) is 0 Å². The molecule has 2 heterocycles. The zero-order chi connectivity index (χ0) is 22.1. The second-order valence-electron chi connectivity index (χ2n) is 8.47. The topological polar surface area (TPSA) is 50.9 Å². The molecule has 0 saturated carbocycles. The predicted molar refractivity (Wildman–Crippen MR) is 122 cm³/mol. The third-order valence-electron chi connectivity index (χ3n) is 5.07. The molecule has 30 heavy (non-hydrogen) atoms. The summed E-state index contributed by atoms with van der Waals surface area (Å²) in [4.78, 5) is 5.41. The summed E-state index contributed by atoms with van der Waals surface area (Å²) in [6.45, 7) is 12.2. The second kappa shape index (κ2) is 9.20. The largest absolute Gasteiger partial charge is 0.383 e. The molecule has 0 radical (unpaired) electrons. The molecular weight excluding hydrogens is 417 g/mol. The third kappa shape index (κ3) is 4.95. The summed E-state index contributed by atoms with van der Waals surface area (Å²) in [5.41, 5.74) is 1.97. The monoisotopic (exact) mass is 447 g/mol. The van der Waals surface area contributed by atoms with Crippen molar-refractivity contribution < 1.29 is 9.50 Å². The van der Waals surface area contributed by atoms with Crippen molar-refractivity contribution in [2.75, 3.05) is 0 Å². The fraction of sp³-hybridized carbons (Fsp3) is 0.478. The first kappa shape index (κ1) is 23.0. The summed E-state index contributed by atoms with van der Waals surface area (Å²) < 4.78 is 17.1. The highest BCUT2D eigenvalue weighted by Crippen LogP contribution is 2.38. The Balaban J connectivity index is 1.92. The van der Waals surface area contributed by atoms with Crippen molar-refractivity contribution >= 4 is 23.1 Å². The molecule has 0 saturated heterocycles. The summed E-state index contributed by atoms with van der Waals surface area (Å²) in [5, 5.41) is 15.9. The number of hydrogen-bond donors (Lipinski definition) is 1. The standard InChI is InChI=1S/C23H30FN3OS2/c1-7-8-23(6,28)22-25-12-20(30-22)29-17-11-26-27(13-17)21-18(14(2)3)9-16(24)10-19(21)15(4)5/h9-15,28H,7-8H2,1-6H3. The predicted octanol–water partition coefficient (Wildman–Crippen LogP) is 6.87. The van der Waals surface area contributed by atoms with Crippen LogP contribution in [-0.2, 0) is 5.60 Å². The van der Waals surface area contributed by atoms with Gasteiger partial charge in [-0.2, -0.15) is 5.10 Å². The molecule has 1 unspecified atom stereocenters. The molecular formula is C23H30FN3OS2. The van der Waals surface area contributed by atoms with Crippen LogP contribution in [-0.4, -0.2) is 19.9 Å². The van der Waals surface area contributed by atoms with Gasteiger partial charge in [-0.15, -0.1) is 11.3 Å². The average molecular weight is 448 g/mol. The number of hydrogen-bond acceptors (Lipinski definition) is 5. The van der Waals surface area contributed by atoms with E-state index >= 15 is 0 Å². The van der Waals surface area contributed by atoms with Crippen LogP contribution in [0.4, 0.5) is 4.39 Å². The molecule has 0 fully saturated rings. The zero-order valence-electron chi connectivity index (χ0n) is 18.4. The number of benzene rings is 1. The molecule has 0 amide bonds. The van der Waals surface area contributed by atoms with Gasteiger partial charge in [-0.3, -0.25) is 0 Å². The molecule has 0 bridgehead atoms. The van der Waals surface area contributed by atoms with E-state index in [1.807, 2.05) is 30.2 Å². The van der Waals surface area contributed by atoms with E-state index in [1.54, 1.807) is 23.9 Å². The van der Waals surface area contributed by atoms with E-state index in [1.165, 1.54) is 11.3 Å². The van der Waals surface area contributed by atoms with Gasteiger partial charge in [0.05, 0.1) is 27.2 Å².